The number of carbonyl (C=O) groups excluding carboxylic acids is 1. The van der Waals surface area contributed by atoms with Crippen molar-refractivity contribution in [2.24, 2.45) is 0 Å². The van der Waals surface area contributed by atoms with Crippen LogP contribution >= 0.6 is 0 Å². The van der Waals surface area contributed by atoms with Crippen molar-refractivity contribution in [3.05, 3.63) is 54.1 Å². The summed E-state index contributed by atoms with van der Waals surface area (Å²) in [5, 5.41) is 2.85. The lowest BCUT2D eigenvalue weighted by Crippen LogP contribution is -2.31. The van der Waals surface area contributed by atoms with Crippen LogP contribution in [0.5, 0.6) is 5.75 Å². The molecule has 0 spiro atoms. The van der Waals surface area contributed by atoms with Crippen molar-refractivity contribution in [2.45, 2.75) is 43.4 Å². The number of nitrogens with zero attached hydrogens (tertiary/aromatic N) is 1. The molecule has 0 radical (unpaired) electrons. The van der Waals surface area contributed by atoms with E-state index in [-0.39, 0.29) is 5.91 Å². The first-order valence-corrected chi connectivity index (χ1v) is 11.5. The van der Waals surface area contributed by atoms with Gasteiger partial charge in [0.25, 0.3) is 0 Å². The average Bonchev–Trinajstić information content (AvgIpc) is 3.03. The smallest absolute Gasteiger partial charge is 0.243 e. The number of hydrogen-bond donors (Lipinski definition) is 1. The van der Waals surface area contributed by atoms with Gasteiger partial charge in [0.1, 0.15) is 5.75 Å². The number of methoxy groups -OCH3 is 1. The van der Waals surface area contributed by atoms with Crippen LogP contribution < -0.4 is 10.1 Å². The second-order valence-electron chi connectivity index (χ2n) is 7.24. The summed E-state index contributed by atoms with van der Waals surface area (Å²) in [7, 11) is -1.86. The summed E-state index contributed by atoms with van der Waals surface area (Å²) in [5.41, 5.74) is 1.62. The van der Waals surface area contributed by atoms with Gasteiger partial charge in [-0.1, -0.05) is 31.0 Å². The molecule has 1 saturated heterocycles. The van der Waals surface area contributed by atoms with Crippen molar-refractivity contribution in [3.8, 4) is 5.75 Å². The number of sulfonamides is 1. The normalized spacial score (nSPS) is 15.5. The number of anilines is 1. The van der Waals surface area contributed by atoms with Gasteiger partial charge in [-0.25, -0.2) is 8.42 Å². The molecule has 2 aromatic carbocycles. The lowest BCUT2D eigenvalue weighted by Gasteiger charge is -2.20. The minimum atomic E-state index is -3.44. The Morgan fingerprint density at radius 3 is 2.38 bits per heavy atom. The fourth-order valence-corrected chi connectivity index (χ4v) is 4.96. The summed E-state index contributed by atoms with van der Waals surface area (Å²) >= 11 is 0. The van der Waals surface area contributed by atoms with Gasteiger partial charge in [-0.3, -0.25) is 4.79 Å². The monoisotopic (exact) mass is 416 g/mol. The molecule has 0 aromatic heterocycles. The van der Waals surface area contributed by atoms with Gasteiger partial charge >= 0.3 is 0 Å². The molecule has 0 unspecified atom stereocenters. The lowest BCUT2D eigenvalue weighted by molar-refractivity contribution is -0.116. The molecule has 1 N–H and O–H groups in total. The van der Waals surface area contributed by atoms with E-state index < -0.39 is 10.0 Å². The molecule has 6 nitrogen and oxygen atoms in total. The standard InChI is InChI=1S/C22H28N2O4S/c1-28-20-8-6-7-19(17-20)23-22(25)14-11-18-9-12-21(13-10-18)29(26,27)24-15-4-2-3-5-16-24/h6-10,12-13,17H,2-5,11,14-16H2,1H3,(H,23,25). The van der Waals surface area contributed by atoms with Crippen LogP contribution in [0.25, 0.3) is 0 Å². The molecule has 1 fully saturated rings. The number of aryl methyl sites for hydroxylation is 1. The van der Waals surface area contributed by atoms with E-state index in [0.29, 0.717) is 42.3 Å². The summed E-state index contributed by atoms with van der Waals surface area (Å²) in [6.45, 7) is 1.18. The second-order valence-corrected chi connectivity index (χ2v) is 9.18. The van der Waals surface area contributed by atoms with Gasteiger partial charge in [-0.15, -0.1) is 0 Å². The van der Waals surface area contributed by atoms with Gasteiger partial charge in [0, 0.05) is 31.3 Å². The number of benzene rings is 2. The highest BCUT2D eigenvalue weighted by atomic mass is 32.2. The van der Waals surface area contributed by atoms with Crippen LogP contribution in [0.3, 0.4) is 0 Å². The Morgan fingerprint density at radius 2 is 1.72 bits per heavy atom. The first kappa shape index (κ1) is 21.3. The van der Waals surface area contributed by atoms with Crippen LogP contribution in [0.2, 0.25) is 0 Å². The van der Waals surface area contributed by atoms with Crippen LogP contribution in [0.4, 0.5) is 5.69 Å². The molecule has 1 aliphatic heterocycles. The number of amides is 1. The molecule has 1 amide bonds. The van der Waals surface area contributed by atoms with Crippen LogP contribution in [-0.4, -0.2) is 38.8 Å². The molecule has 0 saturated carbocycles. The predicted octanol–water partition coefficient (Wildman–Crippen LogP) is 3.83. The van der Waals surface area contributed by atoms with E-state index >= 15 is 0 Å². The first-order valence-electron chi connectivity index (χ1n) is 10.0. The van der Waals surface area contributed by atoms with Crippen molar-refractivity contribution >= 4 is 21.6 Å². The van der Waals surface area contributed by atoms with E-state index in [9.17, 15) is 13.2 Å². The summed E-state index contributed by atoms with van der Waals surface area (Å²) in [6.07, 6.45) is 4.86. The Labute approximate surface area is 172 Å². The van der Waals surface area contributed by atoms with E-state index in [4.69, 9.17) is 4.74 Å². The van der Waals surface area contributed by atoms with Gasteiger partial charge in [-0.2, -0.15) is 4.31 Å². The van der Waals surface area contributed by atoms with Gasteiger partial charge in [0.05, 0.1) is 12.0 Å². The molecule has 2 aromatic rings. The fourth-order valence-electron chi connectivity index (χ4n) is 3.44. The minimum absolute atomic E-state index is 0.0977. The molecule has 0 atom stereocenters. The Bertz CT molecular complexity index is 918. The molecule has 156 valence electrons. The Hall–Kier alpha value is -2.38. The van der Waals surface area contributed by atoms with Gasteiger partial charge in [-0.05, 0) is 49.1 Å². The number of hydrogen-bond acceptors (Lipinski definition) is 4. The number of ether oxygens (including phenoxy) is 1. The summed E-state index contributed by atoms with van der Waals surface area (Å²) in [5.74, 6) is 0.587. The molecule has 1 aliphatic rings. The summed E-state index contributed by atoms with van der Waals surface area (Å²) < 4.78 is 32.4. The topological polar surface area (TPSA) is 75.7 Å². The highest BCUT2D eigenvalue weighted by molar-refractivity contribution is 7.89. The maximum atomic E-state index is 12.8. The van der Waals surface area contributed by atoms with Gasteiger partial charge < -0.3 is 10.1 Å². The van der Waals surface area contributed by atoms with Gasteiger partial charge in [0.2, 0.25) is 15.9 Å². The van der Waals surface area contributed by atoms with E-state index in [1.165, 1.54) is 0 Å². The zero-order chi connectivity index (χ0) is 20.7. The highest BCUT2D eigenvalue weighted by Crippen LogP contribution is 2.21. The van der Waals surface area contributed by atoms with Crippen molar-refractivity contribution < 1.29 is 17.9 Å². The quantitative estimate of drug-likeness (QED) is 0.744. The Kier molecular flexibility index (Phi) is 7.28. The van der Waals surface area contributed by atoms with Crippen LogP contribution in [-0.2, 0) is 21.2 Å². The number of rotatable bonds is 7. The summed E-state index contributed by atoms with van der Waals surface area (Å²) in [4.78, 5) is 12.5. The van der Waals surface area contributed by atoms with Crippen LogP contribution in [0, 0.1) is 0 Å². The molecular formula is C22H28N2O4S. The number of nitrogens with one attached hydrogen (secondary N) is 1. The van der Waals surface area contributed by atoms with Crippen molar-refractivity contribution in [1.82, 2.24) is 4.31 Å². The zero-order valence-electron chi connectivity index (χ0n) is 16.8. The number of carbonyl (C=O) groups is 1. The first-order chi connectivity index (χ1) is 14.0. The molecule has 3 rings (SSSR count). The molecular weight excluding hydrogens is 388 g/mol. The largest absolute Gasteiger partial charge is 0.497 e. The fraction of sp³-hybridized carbons (Fsp3) is 0.409. The molecule has 1 heterocycles. The van der Waals surface area contributed by atoms with Crippen molar-refractivity contribution in [1.29, 1.82) is 0 Å². The van der Waals surface area contributed by atoms with E-state index in [1.54, 1.807) is 41.7 Å². The zero-order valence-corrected chi connectivity index (χ0v) is 17.6. The lowest BCUT2D eigenvalue weighted by atomic mass is 10.1. The third kappa shape index (κ3) is 5.81. The Balaban J connectivity index is 1.56. The van der Waals surface area contributed by atoms with E-state index in [2.05, 4.69) is 5.32 Å². The van der Waals surface area contributed by atoms with E-state index in [1.807, 2.05) is 18.2 Å². The molecule has 0 aliphatic carbocycles. The van der Waals surface area contributed by atoms with Crippen LogP contribution in [0.1, 0.15) is 37.7 Å². The SMILES string of the molecule is COc1cccc(NC(=O)CCc2ccc(S(=O)(=O)N3CCCCCC3)cc2)c1. The molecule has 7 heteroatoms. The highest BCUT2D eigenvalue weighted by Gasteiger charge is 2.24. The maximum absolute atomic E-state index is 12.8. The minimum Gasteiger partial charge on any atom is -0.497 e. The maximum Gasteiger partial charge on any atom is 0.243 e. The second kappa shape index (κ2) is 9.89. The Morgan fingerprint density at radius 1 is 1.03 bits per heavy atom. The predicted molar refractivity (Wildman–Crippen MR) is 114 cm³/mol. The third-order valence-electron chi connectivity index (χ3n) is 5.12. The third-order valence-corrected chi connectivity index (χ3v) is 7.03. The molecule has 29 heavy (non-hydrogen) atoms. The van der Waals surface area contributed by atoms with Crippen LogP contribution in [0.15, 0.2) is 53.4 Å². The van der Waals surface area contributed by atoms with Crippen molar-refractivity contribution in [3.63, 3.8) is 0 Å². The van der Waals surface area contributed by atoms with Gasteiger partial charge in [0.15, 0.2) is 0 Å². The average molecular weight is 417 g/mol. The van der Waals surface area contributed by atoms with Crippen molar-refractivity contribution in [2.75, 3.05) is 25.5 Å². The van der Waals surface area contributed by atoms with E-state index in [0.717, 1.165) is 31.2 Å². The summed E-state index contributed by atoms with van der Waals surface area (Å²) in [6, 6.07) is 14.1. The molecule has 0 bridgehead atoms.